The SMILES string of the molecule is CO/N=C/c1cnc(C)s1. The number of aromatic nitrogens is 1. The van der Waals surface area contributed by atoms with Crippen LogP contribution in [0.4, 0.5) is 0 Å². The second-order valence-electron chi connectivity index (χ2n) is 1.70. The Hall–Kier alpha value is -0.900. The Bertz CT molecular complexity index is 231. The zero-order valence-corrected chi connectivity index (χ0v) is 6.68. The third kappa shape index (κ3) is 1.80. The molecule has 3 nitrogen and oxygen atoms in total. The zero-order valence-electron chi connectivity index (χ0n) is 5.87. The van der Waals surface area contributed by atoms with Gasteiger partial charge in [0.05, 0.1) is 16.1 Å². The molecule has 0 saturated carbocycles. The maximum atomic E-state index is 4.50. The van der Waals surface area contributed by atoms with Crippen LogP contribution in [0, 0.1) is 6.92 Å². The van der Waals surface area contributed by atoms with Crippen LogP contribution in [0.15, 0.2) is 11.4 Å². The second-order valence-corrected chi connectivity index (χ2v) is 2.97. The third-order valence-electron chi connectivity index (χ3n) is 0.925. The van der Waals surface area contributed by atoms with E-state index < -0.39 is 0 Å². The van der Waals surface area contributed by atoms with Crippen molar-refractivity contribution in [1.29, 1.82) is 0 Å². The molecule has 10 heavy (non-hydrogen) atoms. The van der Waals surface area contributed by atoms with E-state index in [2.05, 4.69) is 15.0 Å². The summed E-state index contributed by atoms with van der Waals surface area (Å²) in [5, 5.41) is 4.64. The molecule has 54 valence electrons. The molecule has 1 heterocycles. The standard InChI is InChI=1S/C6H8N2OS/c1-5-7-3-6(10-5)4-8-9-2/h3-4H,1-2H3/b8-4+. The van der Waals surface area contributed by atoms with Gasteiger partial charge in [-0.15, -0.1) is 11.3 Å². The lowest BCUT2D eigenvalue weighted by molar-refractivity contribution is 0.215. The van der Waals surface area contributed by atoms with Crippen molar-refractivity contribution in [1.82, 2.24) is 4.98 Å². The maximum absolute atomic E-state index is 4.50. The van der Waals surface area contributed by atoms with E-state index in [9.17, 15) is 0 Å². The molecule has 0 unspecified atom stereocenters. The molecule has 0 bridgehead atoms. The lowest BCUT2D eigenvalue weighted by Gasteiger charge is -1.81. The first-order valence-electron chi connectivity index (χ1n) is 2.82. The van der Waals surface area contributed by atoms with E-state index in [0.29, 0.717) is 0 Å². The minimum Gasteiger partial charge on any atom is -0.399 e. The van der Waals surface area contributed by atoms with Gasteiger partial charge in [-0.1, -0.05) is 5.16 Å². The number of thiazole rings is 1. The lowest BCUT2D eigenvalue weighted by Crippen LogP contribution is -1.73. The average Bonchev–Trinajstić information content (AvgIpc) is 2.31. The van der Waals surface area contributed by atoms with Gasteiger partial charge < -0.3 is 4.84 Å². The first-order chi connectivity index (χ1) is 4.83. The molecule has 0 radical (unpaired) electrons. The Kier molecular flexibility index (Phi) is 2.39. The minimum atomic E-state index is 1.01. The molecule has 0 atom stereocenters. The lowest BCUT2D eigenvalue weighted by atomic mass is 10.6. The molecular weight excluding hydrogens is 148 g/mol. The Balaban J connectivity index is 2.67. The Morgan fingerprint density at radius 1 is 1.80 bits per heavy atom. The number of nitrogens with zero attached hydrogens (tertiary/aromatic N) is 2. The van der Waals surface area contributed by atoms with E-state index >= 15 is 0 Å². The zero-order chi connectivity index (χ0) is 7.40. The van der Waals surface area contributed by atoms with E-state index in [-0.39, 0.29) is 0 Å². The molecule has 0 spiro atoms. The minimum absolute atomic E-state index is 1.01. The highest BCUT2D eigenvalue weighted by molar-refractivity contribution is 7.13. The van der Waals surface area contributed by atoms with Gasteiger partial charge in [-0.05, 0) is 6.92 Å². The van der Waals surface area contributed by atoms with Gasteiger partial charge in [0.15, 0.2) is 0 Å². The molecule has 0 aromatic carbocycles. The average molecular weight is 156 g/mol. The van der Waals surface area contributed by atoms with Crippen LogP contribution in [-0.4, -0.2) is 18.3 Å². The van der Waals surface area contributed by atoms with Crippen LogP contribution in [0.3, 0.4) is 0 Å². The van der Waals surface area contributed by atoms with Crippen LogP contribution in [0.1, 0.15) is 9.88 Å². The summed E-state index contributed by atoms with van der Waals surface area (Å²) in [5.74, 6) is 0. The van der Waals surface area contributed by atoms with Gasteiger partial charge in [-0.25, -0.2) is 4.98 Å². The number of hydrogen-bond acceptors (Lipinski definition) is 4. The predicted molar refractivity (Wildman–Crippen MR) is 41.5 cm³/mol. The van der Waals surface area contributed by atoms with Gasteiger partial charge in [-0.3, -0.25) is 0 Å². The molecule has 0 aliphatic rings. The molecule has 4 heteroatoms. The summed E-state index contributed by atoms with van der Waals surface area (Å²) in [7, 11) is 1.52. The van der Waals surface area contributed by atoms with Crippen molar-refractivity contribution in [2.75, 3.05) is 7.11 Å². The van der Waals surface area contributed by atoms with Gasteiger partial charge in [0, 0.05) is 6.20 Å². The third-order valence-corrected chi connectivity index (χ3v) is 1.77. The molecule has 0 fully saturated rings. The van der Waals surface area contributed by atoms with Crippen LogP contribution < -0.4 is 0 Å². The fourth-order valence-corrected chi connectivity index (χ4v) is 1.19. The van der Waals surface area contributed by atoms with E-state index in [1.807, 2.05) is 6.92 Å². The molecule has 1 rings (SSSR count). The molecule has 1 aromatic heterocycles. The van der Waals surface area contributed by atoms with E-state index in [4.69, 9.17) is 0 Å². The summed E-state index contributed by atoms with van der Waals surface area (Å²) in [5.41, 5.74) is 0. The summed E-state index contributed by atoms with van der Waals surface area (Å²) in [6, 6.07) is 0. The van der Waals surface area contributed by atoms with Gasteiger partial charge in [0.2, 0.25) is 0 Å². The quantitative estimate of drug-likeness (QED) is 0.479. The number of aryl methyl sites for hydroxylation is 1. The van der Waals surface area contributed by atoms with Crippen LogP contribution in [0.5, 0.6) is 0 Å². The monoisotopic (exact) mass is 156 g/mol. The normalized spacial score (nSPS) is 10.6. The van der Waals surface area contributed by atoms with Crippen molar-refractivity contribution in [2.45, 2.75) is 6.92 Å². The Labute approximate surface area is 63.3 Å². The highest BCUT2D eigenvalue weighted by atomic mass is 32.1. The van der Waals surface area contributed by atoms with E-state index in [1.165, 1.54) is 7.11 Å². The highest BCUT2D eigenvalue weighted by Gasteiger charge is 1.91. The summed E-state index contributed by atoms with van der Waals surface area (Å²) in [6.45, 7) is 1.95. The van der Waals surface area contributed by atoms with Crippen LogP contribution in [0.2, 0.25) is 0 Å². The van der Waals surface area contributed by atoms with Crippen molar-refractivity contribution in [2.24, 2.45) is 5.16 Å². The number of hydrogen-bond donors (Lipinski definition) is 0. The fraction of sp³-hybridized carbons (Fsp3) is 0.333. The smallest absolute Gasteiger partial charge is 0.106 e. The van der Waals surface area contributed by atoms with E-state index in [0.717, 1.165) is 9.88 Å². The summed E-state index contributed by atoms with van der Waals surface area (Å²) in [6.07, 6.45) is 3.41. The first kappa shape index (κ1) is 7.21. The van der Waals surface area contributed by atoms with Gasteiger partial charge in [0.25, 0.3) is 0 Å². The second kappa shape index (κ2) is 3.31. The van der Waals surface area contributed by atoms with E-state index in [1.54, 1.807) is 23.7 Å². The van der Waals surface area contributed by atoms with Crippen LogP contribution >= 0.6 is 11.3 Å². The maximum Gasteiger partial charge on any atom is 0.106 e. The van der Waals surface area contributed by atoms with Crippen molar-refractivity contribution in [3.63, 3.8) is 0 Å². The van der Waals surface area contributed by atoms with Crippen molar-refractivity contribution in [3.05, 3.63) is 16.1 Å². The fourth-order valence-electron chi connectivity index (χ4n) is 0.542. The van der Waals surface area contributed by atoms with Gasteiger partial charge in [-0.2, -0.15) is 0 Å². The molecule has 1 aromatic rings. The van der Waals surface area contributed by atoms with Crippen LogP contribution in [-0.2, 0) is 4.84 Å². The molecular formula is C6H8N2OS. The number of oxime groups is 1. The summed E-state index contributed by atoms with van der Waals surface area (Å²) >= 11 is 1.59. The van der Waals surface area contributed by atoms with Crippen molar-refractivity contribution < 1.29 is 4.84 Å². The van der Waals surface area contributed by atoms with Crippen molar-refractivity contribution in [3.8, 4) is 0 Å². The Morgan fingerprint density at radius 3 is 3.10 bits per heavy atom. The first-order valence-corrected chi connectivity index (χ1v) is 3.63. The van der Waals surface area contributed by atoms with Crippen molar-refractivity contribution >= 4 is 17.6 Å². The Morgan fingerprint density at radius 2 is 2.60 bits per heavy atom. The molecule has 0 amide bonds. The summed E-state index contributed by atoms with van der Waals surface area (Å²) in [4.78, 5) is 9.56. The van der Waals surface area contributed by atoms with Gasteiger partial charge in [0.1, 0.15) is 7.11 Å². The summed E-state index contributed by atoms with van der Waals surface area (Å²) < 4.78 is 0. The number of rotatable bonds is 2. The molecule has 0 saturated heterocycles. The topological polar surface area (TPSA) is 34.5 Å². The predicted octanol–water partition coefficient (Wildman–Crippen LogP) is 1.43. The molecule has 0 aliphatic heterocycles. The van der Waals surface area contributed by atoms with Gasteiger partial charge >= 0.3 is 0 Å². The molecule has 0 N–H and O–H groups in total. The molecule has 0 aliphatic carbocycles. The largest absolute Gasteiger partial charge is 0.399 e. The van der Waals surface area contributed by atoms with Crippen LogP contribution in [0.25, 0.3) is 0 Å². The highest BCUT2D eigenvalue weighted by Crippen LogP contribution is 2.08.